The van der Waals surface area contributed by atoms with E-state index in [1.54, 1.807) is 0 Å². The summed E-state index contributed by atoms with van der Waals surface area (Å²) in [6.45, 7) is -0.760. The van der Waals surface area contributed by atoms with Crippen LogP contribution in [0.5, 0.6) is 0 Å². The second kappa shape index (κ2) is 3.74. The first-order valence-corrected chi connectivity index (χ1v) is 4.90. The lowest BCUT2D eigenvalue weighted by Gasteiger charge is -2.46. The molecule has 17 heavy (non-hydrogen) atoms. The molecule has 0 saturated heterocycles. The SMILES string of the molecule is Nc1nc(=O)n([C@@H]2C[C@](O)(CO)[C@H]2F)cc1F. The van der Waals surface area contributed by atoms with Crippen LogP contribution in [0, 0.1) is 5.82 Å². The molecule has 1 aliphatic carbocycles. The van der Waals surface area contributed by atoms with Crippen LogP contribution in [0.4, 0.5) is 14.6 Å². The molecule has 6 nitrogen and oxygen atoms in total. The van der Waals surface area contributed by atoms with Gasteiger partial charge in [-0.2, -0.15) is 4.98 Å². The standard InChI is InChI=1S/C9H11F2N3O3/c10-4-2-14(8(16)13-7(4)12)5-1-9(17,3-15)6(5)11/h2,5-6,15,17H,1,3H2,(H2,12,13,16)/t5-,6+,9+/m1/s1. The van der Waals surface area contributed by atoms with Gasteiger partial charge in [-0.3, -0.25) is 4.57 Å². The molecule has 0 aromatic carbocycles. The summed E-state index contributed by atoms with van der Waals surface area (Å²) in [5.41, 5.74) is 2.32. The molecule has 1 aromatic heterocycles. The molecule has 0 spiro atoms. The predicted molar refractivity (Wildman–Crippen MR) is 53.5 cm³/mol. The molecular weight excluding hydrogens is 236 g/mol. The number of halogens is 2. The Hall–Kier alpha value is -1.54. The van der Waals surface area contributed by atoms with Crippen molar-refractivity contribution in [3.63, 3.8) is 0 Å². The number of hydrogen-bond donors (Lipinski definition) is 3. The molecule has 1 aliphatic rings. The average Bonchev–Trinajstić information content (AvgIpc) is 2.30. The van der Waals surface area contributed by atoms with E-state index in [1.807, 2.05) is 0 Å². The Morgan fingerprint density at radius 1 is 1.71 bits per heavy atom. The quantitative estimate of drug-likeness (QED) is 0.620. The van der Waals surface area contributed by atoms with E-state index in [0.29, 0.717) is 0 Å². The van der Waals surface area contributed by atoms with Crippen molar-refractivity contribution < 1.29 is 19.0 Å². The number of anilines is 1. The van der Waals surface area contributed by atoms with Crippen molar-refractivity contribution in [2.75, 3.05) is 12.3 Å². The number of hydrogen-bond acceptors (Lipinski definition) is 5. The minimum Gasteiger partial charge on any atom is -0.393 e. The summed E-state index contributed by atoms with van der Waals surface area (Å²) in [5.74, 6) is -1.49. The maximum atomic E-state index is 13.6. The van der Waals surface area contributed by atoms with Gasteiger partial charge in [-0.1, -0.05) is 0 Å². The van der Waals surface area contributed by atoms with Gasteiger partial charge in [0.25, 0.3) is 0 Å². The number of aliphatic hydroxyl groups is 2. The van der Waals surface area contributed by atoms with Gasteiger partial charge in [-0.25, -0.2) is 13.6 Å². The first-order valence-electron chi connectivity index (χ1n) is 4.90. The summed E-state index contributed by atoms with van der Waals surface area (Å²) < 4.78 is 27.4. The Balaban J connectivity index is 2.33. The summed E-state index contributed by atoms with van der Waals surface area (Å²) >= 11 is 0. The Labute approximate surface area is 94.3 Å². The van der Waals surface area contributed by atoms with E-state index in [4.69, 9.17) is 10.8 Å². The van der Waals surface area contributed by atoms with Crippen molar-refractivity contribution >= 4 is 5.82 Å². The molecule has 2 rings (SSSR count). The number of nitrogens with two attached hydrogens (primary N) is 1. The smallest absolute Gasteiger partial charge is 0.350 e. The number of nitrogens with zero attached hydrogens (tertiary/aromatic N) is 2. The van der Waals surface area contributed by atoms with Crippen molar-refractivity contribution in [1.82, 2.24) is 9.55 Å². The van der Waals surface area contributed by atoms with Crippen molar-refractivity contribution in [3.8, 4) is 0 Å². The number of alkyl halides is 1. The zero-order valence-corrected chi connectivity index (χ0v) is 8.68. The summed E-state index contributed by atoms with van der Waals surface area (Å²) in [5, 5.41) is 18.2. The van der Waals surface area contributed by atoms with Gasteiger partial charge in [0.2, 0.25) is 0 Å². The van der Waals surface area contributed by atoms with Gasteiger partial charge in [0.15, 0.2) is 17.8 Å². The fourth-order valence-corrected chi connectivity index (χ4v) is 1.86. The summed E-state index contributed by atoms with van der Waals surface area (Å²) in [7, 11) is 0. The predicted octanol–water partition coefficient (Wildman–Crippen LogP) is -1.03. The Kier molecular flexibility index (Phi) is 2.63. The van der Waals surface area contributed by atoms with Crippen LogP contribution in [0.3, 0.4) is 0 Å². The fraction of sp³-hybridized carbons (Fsp3) is 0.556. The van der Waals surface area contributed by atoms with Crippen LogP contribution in [0.1, 0.15) is 12.5 Å². The van der Waals surface area contributed by atoms with Crippen LogP contribution in [-0.2, 0) is 0 Å². The van der Waals surface area contributed by atoms with Crippen LogP contribution < -0.4 is 11.4 Å². The molecule has 4 N–H and O–H groups in total. The van der Waals surface area contributed by atoms with Crippen molar-refractivity contribution in [1.29, 1.82) is 0 Å². The van der Waals surface area contributed by atoms with Crippen molar-refractivity contribution in [2.45, 2.75) is 24.2 Å². The number of aliphatic hydroxyl groups excluding tert-OH is 1. The number of nitrogen functional groups attached to an aromatic ring is 1. The Morgan fingerprint density at radius 3 is 2.88 bits per heavy atom. The van der Waals surface area contributed by atoms with Gasteiger partial charge in [0, 0.05) is 12.6 Å². The van der Waals surface area contributed by atoms with Gasteiger partial charge >= 0.3 is 5.69 Å². The highest BCUT2D eigenvalue weighted by Crippen LogP contribution is 2.43. The van der Waals surface area contributed by atoms with E-state index in [1.165, 1.54) is 0 Å². The first-order chi connectivity index (χ1) is 7.89. The van der Waals surface area contributed by atoms with E-state index in [0.717, 1.165) is 10.8 Å². The lowest BCUT2D eigenvalue weighted by molar-refractivity contribution is -0.166. The van der Waals surface area contributed by atoms with Crippen LogP contribution in [0.2, 0.25) is 0 Å². The summed E-state index contributed by atoms with van der Waals surface area (Å²) in [4.78, 5) is 14.5. The summed E-state index contributed by atoms with van der Waals surface area (Å²) in [6.07, 6.45) is -1.29. The van der Waals surface area contributed by atoms with E-state index in [-0.39, 0.29) is 6.42 Å². The van der Waals surface area contributed by atoms with E-state index in [2.05, 4.69) is 4.98 Å². The van der Waals surface area contributed by atoms with Crippen molar-refractivity contribution in [3.05, 3.63) is 22.5 Å². The fourth-order valence-electron chi connectivity index (χ4n) is 1.86. The molecule has 0 amide bonds. The highest BCUT2D eigenvalue weighted by Gasteiger charge is 2.55. The third-order valence-electron chi connectivity index (χ3n) is 2.98. The van der Waals surface area contributed by atoms with Crippen LogP contribution in [0.15, 0.2) is 11.0 Å². The van der Waals surface area contributed by atoms with E-state index >= 15 is 0 Å². The van der Waals surface area contributed by atoms with Crippen LogP contribution in [0.25, 0.3) is 0 Å². The van der Waals surface area contributed by atoms with E-state index < -0.39 is 41.7 Å². The van der Waals surface area contributed by atoms with Gasteiger partial charge < -0.3 is 15.9 Å². The van der Waals surface area contributed by atoms with Gasteiger partial charge in [-0.15, -0.1) is 0 Å². The topological polar surface area (TPSA) is 101 Å². The zero-order chi connectivity index (χ0) is 12.8. The highest BCUT2D eigenvalue weighted by atomic mass is 19.1. The molecule has 3 atom stereocenters. The monoisotopic (exact) mass is 247 g/mol. The maximum Gasteiger partial charge on any atom is 0.350 e. The van der Waals surface area contributed by atoms with Gasteiger partial charge in [-0.05, 0) is 0 Å². The minimum atomic E-state index is -1.87. The molecular formula is C9H11F2N3O3. The Bertz CT molecular complexity index is 507. The molecule has 0 bridgehead atoms. The third-order valence-corrected chi connectivity index (χ3v) is 2.98. The number of rotatable bonds is 2. The lowest BCUT2D eigenvalue weighted by Crippen LogP contribution is -2.60. The second-order valence-electron chi connectivity index (χ2n) is 4.10. The third kappa shape index (κ3) is 1.69. The molecule has 1 aromatic rings. The molecule has 0 unspecified atom stereocenters. The van der Waals surface area contributed by atoms with Crippen molar-refractivity contribution in [2.24, 2.45) is 0 Å². The van der Waals surface area contributed by atoms with Gasteiger partial charge in [0.1, 0.15) is 5.60 Å². The zero-order valence-electron chi connectivity index (χ0n) is 8.68. The average molecular weight is 247 g/mol. The van der Waals surface area contributed by atoms with Crippen LogP contribution in [-0.4, -0.2) is 38.1 Å². The Morgan fingerprint density at radius 2 is 2.35 bits per heavy atom. The van der Waals surface area contributed by atoms with Crippen LogP contribution >= 0.6 is 0 Å². The largest absolute Gasteiger partial charge is 0.393 e. The molecule has 0 radical (unpaired) electrons. The molecule has 0 aliphatic heterocycles. The summed E-state index contributed by atoms with van der Waals surface area (Å²) in [6, 6.07) is -1.04. The highest BCUT2D eigenvalue weighted by molar-refractivity contribution is 5.27. The number of aromatic nitrogens is 2. The molecule has 1 saturated carbocycles. The molecule has 1 heterocycles. The maximum absolute atomic E-state index is 13.6. The normalized spacial score (nSPS) is 32.2. The minimum absolute atomic E-state index is 0.185. The van der Waals surface area contributed by atoms with E-state index in [9.17, 15) is 18.7 Å². The lowest BCUT2D eigenvalue weighted by atomic mass is 9.74. The molecule has 94 valence electrons. The first kappa shape index (κ1) is 11.9. The van der Waals surface area contributed by atoms with Gasteiger partial charge in [0.05, 0.1) is 12.6 Å². The molecule has 1 fully saturated rings. The second-order valence-corrected chi connectivity index (χ2v) is 4.10. The molecule has 8 heteroatoms.